The van der Waals surface area contributed by atoms with Crippen molar-refractivity contribution in [3.63, 3.8) is 0 Å². The van der Waals surface area contributed by atoms with E-state index < -0.39 is 0 Å². The zero-order valence-electron chi connectivity index (χ0n) is 17.3. The summed E-state index contributed by atoms with van der Waals surface area (Å²) < 4.78 is 0. The van der Waals surface area contributed by atoms with Gasteiger partial charge in [-0.25, -0.2) is 0 Å². The molecular weight excluding hydrogens is 378 g/mol. The molecule has 2 aliphatic rings. The lowest BCUT2D eigenvalue weighted by molar-refractivity contribution is -0.158. The van der Waals surface area contributed by atoms with Crippen LogP contribution in [0.5, 0.6) is 0 Å². The molecule has 1 N–H and O–H groups in total. The van der Waals surface area contributed by atoms with E-state index in [-0.39, 0.29) is 30.3 Å². The third-order valence-electron chi connectivity index (χ3n) is 5.91. The van der Waals surface area contributed by atoms with Crippen molar-refractivity contribution in [2.45, 2.75) is 45.3 Å². The fourth-order valence-electron chi connectivity index (χ4n) is 4.14. The van der Waals surface area contributed by atoms with E-state index in [0.29, 0.717) is 25.2 Å². The summed E-state index contributed by atoms with van der Waals surface area (Å²) in [6, 6.07) is 15.0. The summed E-state index contributed by atoms with van der Waals surface area (Å²) in [5.74, 6) is -0.0650. The number of rotatable bonds is 5. The summed E-state index contributed by atoms with van der Waals surface area (Å²) in [4.78, 5) is 41.0. The average Bonchev–Trinajstić information content (AvgIpc) is 2.77. The number of fused-ring (bicyclic) bond motifs is 1. The maximum atomic E-state index is 12.8. The van der Waals surface area contributed by atoms with E-state index in [1.807, 2.05) is 43.3 Å². The molecule has 0 spiro atoms. The molecule has 2 aliphatic heterocycles. The van der Waals surface area contributed by atoms with E-state index in [2.05, 4.69) is 5.32 Å². The first-order valence-electron chi connectivity index (χ1n) is 10.5. The van der Waals surface area contributed by atoms with Crippen molar-refractivity contribution in [2.24, 2.45) is 0 Å². The van der Waals surface area contributed by atoms with Crippen molar-refractivity contribution in [2.75, 3.05) is 13.1 Å². The van der Waals surface area contributed by atoms with Gasteiger partial charge in [-0.15, -0.1) is 0 Å². The van der Waals surface area contributed by atoms with Crippen LogP contribution in [0.4, 0.5) is 0 Å². The molecule has 2 heterocycles. The molecule has 2 saturated heterocycles. The molecule has 3 amide bonds. The van der Waals surface area contributed by atoms with Crippen molar-refractivity contribution in [1.29, 1.82) is 0 Å². The van der Waals surface area contributed by atoms with Gasteiger partial charge in [-0.05, 0) is 49.4 Å². The summed E-state index contributed by atoms with van der Waals surface area (Å²) in [7, 11) is 0. The van der Waals surface area contributed by atoms with Gasteiger partial charge in [0.15, 0.2) is 0 Å². The Labute approximate surface area is 176 Å². The number of nitrogens with one attached hydrogen (secondary N) is 1. The molecule has 4 rings (SSSR count). The molecule has 0 aromatic heterocycles. The number of hydrogen-bond acceptors (Lipinski definition) is 3. The van der Waals surface area contributed by atoms with Crippen LogP contribution in [0.1, 0.15) is 46.3 Å². The monoisotopic (exact) mass is 405 g/mol. The maximum Gasteiger partial charge on any atom is 0.251 e. The van der Waals surface area contributed by atoms with Gasteiger partial charge in [0.25, 0.3) is 5.91 Å². The van der Waals surface area contributed by atoms with Gasteiger partial charge in [-0.2, -0.15) is 0 Å². The molecule has 2 aromatic carbocycles. The van der Waals surface area contributed by atoms with Crippen LogP contribution in [-0.4, -0.2) is 46.7 Å². The molecule has 1 atom stereocenters. The maximum absolute atomic E-state index is 12.8. The van der Waals surface area contributed by atoms with Crippen molar-refractivity contribution in [3.05, 3.63) is 70.8 Å². The zero-order valence-corrected chi connectivity index (χ0v) is 17.3. The van der Waals surface area contributed by atoms with Crippen LogP contribution in [0.3, 0.4) is 0 Å². The molecule has 30 heavy (non-hydrogen) atoms. The number of aryl methyl sites for hydroxylation is 1. The first-order chi connectivity index (χ1) is 14.5. The first kappa shape index (κ1) is 20.1. The molecule has 0 bridgehead atoms. The molecule has 2 fully saturated rings. The number of hydrogen-bond donors (Lipinski definition) is 1. The van der Waals surface area contributed by atoms with Gasteiger partial charge in [-0.3, -0.25) is 14.4 Å². The summed E-state index contributed by atoms with van der Waals surface area (Å²) in [6.07, 6.45) is 2.71. The van der Waals surface area contributed by atoms with Crippen LogP contribution in [0.15, 0.2) is 48.5 Å². The number of benzene rings is 2. The minimum Gasteiger partial charge on any atom is -0.348 e. The lowest BCUT2D eigenvalue weighted by atomic mass is 9.98. The minimum atomic E-state index is -0.299. The van der Waals surface area contributed by atoms with Gasteiger partial charge in [0.1, 0.15) is 12.6 Å². The van der Waals surface area contributed by atoms with Crippen LogP contribution >= 0.6 is 0 Å². The Bertz CT molecular complexity index is 937. The van der Waals surface area contributed by atoms with Gasteiger partial charge < -0.3 is 15.1 Å². The molecule has 6 heteroatoms. The van der Waals surface area contributed by atoms with Gasteiger partial charge in [0.05, 0.1) is 0 Å². The summed E-state index contributed by atoms with van der Waals surface area (Å²) in [5, 5.41) is 2.93. The Kier molecular flexibility index (Phi) is 5.84. The highest BCUT2D eigenvalue weighted by atomic mass is 16.2. The quantitative estimate of drug-likeness (QED) is 0.832. The Morgan fingerprint density at radius 1 is 1.00 bits per heavy atom. The van der Waals surface area contributed by atoms with Crippen LogP contribution in [0, 0.1) is 6.92 Å². The molecule has 0 saturated carbocycles. The average molecular weight is 405 g/mol. The Morgan fingerprint density at radius 2 is 1.70 bits per heavy atom. The van der Waals surface area contributed by atoms with Gasteiger partial charge in [0, 0.05) is 25.2 Å². The van der Waals surface area contributed by atoms with Crippen molar-refractivity contribution in [1.82, 2.24) is 15.1 Å². The van der Waals surface area contributed by atoms with Crippen molar-refractivity contribution < 1.29 is 14.4 Å². The Balaban J connectivity index is 1.35. The largest absolute Gasteiger partial charge is 0.348 e. The van der Waals surface area contributed by atoms with E-state index in [4.69, 9.17) is 0 Å². The number of carbonyl (C=O) groups excluding carboxylic acids is 3. The first-order valence-corrected chi connectivity index (χ1v) is 10.5. The predicted molar refractivity (Wildman–Crippen MR) is 114 cm³/mol. The van der Waals surface area contributed by atoms with Crippen LogP contribution in [0.25, 0.3) is 0 Å². The van der Waals surface area contributed by atoms with Crippen LogP contribution < -0.4 is 5.32 Å². The van der Waals surface area contributed by atoms with Crippen molar-refractivity contribution >= 4 is 17.7 Å². The van der Waals surface area contributed by atoms with E-state index in [9.17, 15) is 14.4 Å². The molecule has 6 nitrogen and oxygen atoms in total. The standard InChI is InChI=1S/C24H27N3O3/c1-17-5-7-18(8-6-17)14-25-23(29)20-11-9-19(10-12-20)15-26-16-22(28)27-13-3-2-4-21(27)24(26)30/h5-12,21H,2-4,13-16H2,1H3,(H,25,29)/t21-/m1/s1. The summed E-state index contributed by atoms with van der Waals surface area (Å²) >= 11 is 0. The Morgan fingerprint density at radius 3 is 2.43 bits per heavy atom. The van der Waals surface area contributed by atoms with Crippen LogP contribution in [-0.2, 0) is 22.7 Å². The zero-order chi connectivity index (χ0) is 21.1. The molecule has 156 valence electrons. The normalized spacial score (nSPS) is 18.9. The van der Waals surface area contributed by atoms with E-state index in [1.165, 1.54) is 5.56 Å². The molecule has 2 aromatic rings. The van der Waals surface area contributed by atoms with Crippen LogP contribution in [0.2, 0.25) is 0 Å². The SMILES string of the molecule is Cc1ccc(CNC(=O)c2ccc(CN3CC(=O)N4CCCC[C@@H]4C3=O)cc2)cc1. The number of nitrogens with zero attached hydrogens (tertiary/aromatic N) is 2. The molecular formula is C24H27N3O3. The van der Waals surface area contributed by atoms with E-state index in [1.54, 1.807) is 21.9 Å². The topological polar surface area (TPSA) is 69.7 Å². The highest BCUT2D eigenvalue weighted by molar-refractivity contribution is 5.95. The number of piperazine rings is 1. The van der Waals surface area contributed by atoms with Gasteiger partial charge >= 0.3 is 0 Å². The highest BCUT2D eigenvalue weighted by Gasteiger charge is 2.40. The smallest absolute Gasteiger partial charge is 0.251 e. The third-order valence-corrected chi connectivity index (χ3v) is 5.91. The third kappa shape index (κ3) is 4.37. The lowest BCUT2D eigenvalue weighted by Gasteiger charge is -2.42. The summed E-state index contributed by atoms with van der Waals surface area (Å²) in [6.45, 7) is 3.72. The molecule has 0 unspecified atom stereocenters. The van der Waals surface area contributed by atoms with E-state index >= 15 is 0 Å². The fraction of sp³-hybridized carbons (Fsp3) is 0.375. The number of carbonyl (C=O) groups is 3. The Hall–Kier alpha value is -3.15. The van der Waals surface area contributed by atoms with Gasteiger partial charge in [0.2, 0.25) is 11.8 Å². The lowest BCUT2D eigenvalue weighted by Crippen LogP contribution is -2.60. The molecule has 0 radical (unpaired) electrons. The molecule has 0 aliphatic carbocycles. The summed E-state index contributed by atoms with van der Waals surface area (Å²) in [5.41, 5.74) is 3.72. The van der Waals surface area contributed by atoms with Gasteiger partial charge in [-0.1, -0.05) is 42.0 Å². The minimum absolute atomic E-state index is 0.0337. The van der Waals surface area contributed by atoms with E-state index in [0.717, 1.165) is 30.4 Å². The fourth-order valence-corrected chi connectivity index (χ4v) is 4.14. The number of piperidine rings is 1. The predicted octanol–water partition coefficient (Wildman–Crippen LogP) is 2.65. The second-order valence-electron chi connectivity index (χ2n) is 8.16. The second-order valence-corrected chi connectivity index (χ2v) is 8.16. The number of amides is 3. The second kappa shape index (κ2) is 8.69. The van der Waals surface area contributed by atoms with Crippen molar-refractivity contribution in [3.8, 4) is 0 Å². The highest BCUT2D eigenvalue weighted by Crippen LogP contribution is 2.24.